The first-order valence-corrected chi connectivity index (χ1v) is 10.1. The zero-order valence-electron chi connectivity index (χ0n) is 14.5. The standard InChI is InChI=1S/C19H21N3O3S/c1-14-8-10-16(11-9-14)26(24,25)22-18-7-3-2-6-17(18)20-19(22)21-12-4-5-15(23)13-21/h2-3,6-11,15,23H,4-5,12-13H2,1H3. The van der Waals surface area contributed by atoms with Crippen LogP contribution in [0.4, 0.5) is 5.95 Å². The Bertz CT molecular complexity index is 1040. The van der Waals surface area contributed by atoms with Gasteiger partial charge in [0.2, 0.25) is 5.95 Å². The summed E-state index contributed by atoms with van der Waals surface area (Å²) >= 11 is 0. The minimum Gasteiger partial charge on any atom is -0.391 e. The lowest BCUT2D eigenvalue weighted by Crippen LogP contribution is -2.40. The lowest BCUT2D eigenvalue weighted by molar-refractivity contribution is 0.153. The van der Waals surface area contributed by atoms with E-state index in [-0.39, 0.29) is 4.90 Å². The molecule has 0 saturated carbocycles. The van der Waals surface area contributed by atoms with Gasteiger partial charge >= 0.3 is 0 Å². The molecule has 1 unspecified atom stereocenters. The van der Waals surface area contributed by atoms with E-state index < -0.39 is 16.1 Å². The molecule has 4 rings (SSSR count). The number of nitrogens with zero attached hydrogens (tertiary/aromatic N) is 3. The Labute approximate surface area is 152 Å². The summed E-state index contributed by atoms with van der Waals surface area (Å²) in [5, 5.41) is 10.0. The third-order valence-corrected chi connectivity index (χ3v) is 6.45. The number of piperidine rings is 1. The van der Waals surface area contributed by atoms with Crippen LogP contribution in [0.5, 0.6) is 0 Å². The number of rotatable bonds is 3. The fraction of sp³-hybridized carbons (Fsp3) is 0.316. The van der Waals surface area contributed by atoms with E-state index in [1.54, 1.807) is 42.5 Å². The Kier molecular flexibility index (Phi) is 4.20. The number of aliphatic hydroxyl groups excluding tert-OH is 1. The lowest BCUT2D eigenvalue weighted by atomic mass is 10.1. The quantitative estimate of drug-likeness (QED) is 0.766. The van der Waals surface area contributed by atoms with Crippen LogP contribution in [0.15, 0.2) is 53.4 Å². The van der Waals surface area contributed by atoms with Crippen LogP contribution in [0, 0.1) is 6.92 Å². The molecule has 0 bridgehead atoms. The maximum absolute atomic E-state index is 13.4. The summed E-state index contributed by atoms with van der Waals surface area (Å²) in [5.74, 6) is 0.366. The van der Waals surface area contributed by atoms with E-state index in [2.05, 4.69) is 4.98 Å². The fourth-order valence-electron chi connectivity index (χ4n) is 3.38. The second-order valence-electron chi connectivity index (χ2n) is 6.73. The number of benzene rings is 2. The van der Waals surface area contributed by atoms with Gasteiger partial charge in [-0.05, 0) is 44.0 Å². The average Bonchev–Trinajstić information content (AvgIpc) is 3.02. The summed E-state index contributed by atoms with van der Waals surface area (Å²) in [5.41, 5.74) is 2.17. The van der Waals surface area contributed by atoms with Crippen LogP contribution in [-0.4, -0.2) is 41.7 Å². The van der Waals surface area contributed by atoms with Crippen LogP contribution in [0.2, 0.25) is 0 Å². The monoisotopic (exact) mass is 371 g/mol. The molecule has 1 aliphatic rings. The molecule has 2 heterocycles. The van der Waals surface area contributed by atoms with Crippen molar-refractivity contribution in [3.8, 4) is 0 Å². The molecule has 1 aliphatic heterocycles. The average molecular weight is 371 g/mol. The topological polar surface area (TPSA) is 75.4 Å². The Morgan fingerprint density at radius 2 is 1.85 bits per heavy atom. The van der Waals surface area contributed by atoms with Gasteiger partial charge in [-0.15, -0.1) is 0 Å². The van der Waals surface area contributed by atoms with Gasteiger partial charge in [-0.1, -0.05) is 29.8 Å². The third-order valence-electron chi connectivity index (χ3n) is 4.74. The van der Waals surface area contributed by atoms with Gasteiger partial charge in [-0.2, -0.15) is 0 Å². The fourth-order valence-corrected chi connectivity index (χ4v) is 4.85. The zero-order valence-corrected chi connectivity index (χ0v) is 15.4. The second-order valence-corrected chi connectivity index (χ2v) is 8.51. The summed E-state index contributed by atoms with van der Waals surface area (Å²) in [6.45, 7) is 2.97. The summed E-state index contributed by atoms with van der Waals surface area (Å²) in [6.07, 6.45) is 1.05. The van der Waals surface area contributed by atoms with Crippen molar-refractivity contribution < 1.29 is 13.5 Å². The molecule has 1 atom stereocenters. The number of anilines is 1. The number of hydrogen-bond donors (Lipinski definition) is 1. The van der Waals surface area contributed by atoms with Crippen molar-refractivity contribution in [2.24, 2.45) is 0 Å². The molecule has 1 fully saturated rings. The van der Waals surface area contributed by atoms with Gasteiger partial charge in [0.05, 0.1) is 22.0 Å². The Hall–Kier alpha value is -2.38. The molecule has 136 valence electrons. The summed E-state index contributed by atoms with van der Waals surface area (Å²) in [6, 6.07) is 14.0. The molecule has 6 nitrogen and oxygen atoms in total. The van der Waals surface area contributed by atoms with Crippen LogP contribution in [0.25, 0.3) is 11.0 Å². The molecular formula is C19H21N3O3S. The number of aromatic nitrogens is 2. The largest absolute Gasteiger partial charge is 0.391 e. The van der Waals surface area contributed by atoms with Crippen LogP contribution in [-0.2, 0) is 10.0 Å². The molecule has 0 radical (unpaired) electrons. The molecule has 3 aromatic rings. The highest BCUT2D eigenvalue weighted by molar-refractivity contribution is 7.90. The van der Waals surface area contributed by atoms with Gasteiger partial charge in [0.25, 0.3) is 10.0 Å². The zero-order chi connectivity index (χ0) is 18.3. The van der Waals surface area contributed by atoms with E-state index in [9.17, 15) is 13.5 Å². The molecule has 0 amide bonds. The van der Waals surface area contributed by atoms with Gasteiger partial charge in [0.1, 0.15) is 0 Å². The maximum Gasteiger partial charge on any atom is 0.271 e. The second kappa shape index (κ2) is 6.41. The molecule has 1 aromatic heterocycles. The molecule has 0 aliphatic carbocycles. The van der Waals surface area contributed by atoms with Crippen molar-refractivity contribution in [3.63, 3.8) is 0 Å². The molecule has 2 aromatic carbocycles. The van der Waals surface area contributed by atoms with Crippen molar-refractivity contribution in [2.75, 3.05) is 18.0 Å². The smallest absolute Gasteiger partial charge is 0.271 e. The molecular weight excluding hydrogens is 350 g/mol. The van der Waals surface area contributed by atoms with Crippen LogP contribution in [0.1, 0.15) is 18.4 Å². The number of β-amino-alcohol motifs (C(OH)–C–C–N with tert-alkyl or cyclic N) is 1. The number of hydrogen-bond acceptors (Lipinski definition) is 5. The van der Waals surface area contributed by atoms with Crippen LogP contribution < -0.4 is 4.90 Å². The first-order chi connectivity index (χ1) is 12.5. The Morgan fingerprint density at radius 1 is 1.12 bits per heavy atom. The molecule has 1 N–H and O–H groups in total. The van der Waals surface area contributed by atoms with E-state index in [1.165, 1.54) is 3.97 Å². The van der Waals surface area contributed by atoms with Crippen molar-refractivity contribution in [1.82, 2.24) is 8.96 Å². The molecule has 0 spiro atoms. The van der Waals surface area contributed by atoms with Crippen molar-refractivity contribution in [2.45, 2.75) is 30.8 Å². The van der Waals surface area contributed by atoms with Gasteiger partial charge in [-0.25, -0.2) is 17.4 Å². The Morgan fingerprint density at radius 3 is 2.58 bits per heavy atom. The van der Waals surface area contributed by atoms with Gasteiger partial charge in [-0.3, -0.25) is 0 Å². The summed E-state index contributed by atoms with van der Waals surface area (Å²) < 4.78 is 28.1. The van der Waals surface area contributed by atoms with Crippen molar-refractivity contribution >= 4 is 27.0 Å². The first kappa shape index (κ1) is 17.1. The highest BCUT2D eigenvalue weighted by atomic mass is 32.2. The first-order valence-electron chi connectivity index (χ1n) is 8.69. The summed E-state index contributed by atoms with van der Waals surface area (Å²) in [7, 11) is -3.81. The predicted octanol–water partition coefficient (Wildman–Crippen LogP) is 2.54. The number of para-hydroxylation sites is 2. The molecule has 26 heavy (non-hydrogen) atoms. The highest BCUT2D eigenvalue weighted by Crippen LogP contribution is 2.30. The number of fused-ring (bicyclic) bond motifs is 1. The SMILES string of the molecule is Cc1ccc(S(=O)(=O)n2c(N3CCCC(O)C3)nc3ccccc32)cc1. The normalized spacial score (nSPS) is 18.4. The van der Waals surface area contributed by atoms with E-state index >= 15 is 0 Å². The highest BCUT2D eigenvalue weighted by Gasteiger charge is 2.29. The maximum atomic E-state index is 13.4. The van der Waals surface area contributed by atoms with Gasteiger partial charge < -0.3 is 10.0 Å². The van der Waals surface area contributed by atoms with E-state index in [0.29, 0.717) is 30.1 Å². The van der Waals surface area contributed by atoms with Crippen molar-refractivity contribution in [1.29, 1.82) is 0 Å². The summed E-state index contributed by atoms with van der Waals surface area (Å²) in [4.78, 5) is 6.67. The Balaban J connectivity index is 1.92. The van der Waals surface area contributed by atoms with Crippen LogP contribution >= 0.6 is 0 Å². The number of aliphatic hydroxyl groups is 1. The van der Waals surface area contributed by atoms with Crippen molar-refractivity contribution in [3.05, 3.63) is 54.1 Å². The van der Waals surface area contributed by atoms with Gasteiger partial charge in [0, 0.05) is 13.1 Å². The minimum atomic E-state index is -3.81. The predicted molar refractivity (Wildman–Crippen MR) is 101 cm³/mol. The van der Waals surface area contributed by atoms with Crippen LogP contribution in [0.3, 0.4) is 0 Å². The minimum absolute atomic E-state index is 0.227. The number of aryl methyl sites for hydroxylation is 1. The van der Waals surface area contributed by atoms with E-state index in [4.69, 9.17) is 0 Å². The lowest BCUT2D eigenvalue weighted by Gasteiger charge is -2.31. The van der Waals surface area contributed by atoms with Gasteiger partial charge in [0.15, 0.2) is 0 Å². The number of imidazole rings is 1. The molecule has 1 saturated heterocycles. The molecule has 7 heteroatoms. The third kappa shape index (κ3) is 2.87. The van der Waals surface area contributed by atoms with E-state index in [0.717, 1.165) is 18.4 Å². The van der Waals surface area contributed by atoms with E-state index in [1.807, 2.05) is 17.9 Å².